The number of carbonyl (C=O) groups is 1. The summed E-state index contributed by atoms with van der Waals surface area (Å²) in [6.07, 6.45) is 1.97. The zero-order chi connectivity index (χ0) is 14.3. The van der Waals surface area contributed by atoms with Crippen LogP contribution in [-0.2, 0) is 4.79 Å². The maximum absolute atomic E-state index is 11.1. The minimum Gasteiger partial charge on any atom is -0.354 e. The van der Waals surface area contributed by atoms with Gasteiger partial charge in [0.2, 0.25) is 5.91 Å². The van der Waals surface area contributed by atoms with Crippen molar-refractivity contribution in [1.82, 2.24) is 10.6 Å². The van der Waals surface area contributed by atoms with Crippen LogP contribution in [0.1, 0.15) is 52.1 Å². The van der Waals surface area contributed by atoms with Gasteiger partial charge in [0, 0.05) is 25.0 Å². The summed E-state index contributed by atoms with van der Waals surface area (Å²) in [6.45, 7) is 8.73. The van der Waals surface area contributed by atoms with E-state index in [-0.39, 0.29) is 17.5 Å². The van der Waals surface area contributed by atoms with Gasteiger partial charge in [-0.2, -0.15) is 0 Å². The van der Waals surface area contributed by atoms with E-state index in [9.17, 15) is 4.79 Å². The average molecular weight is 262 g/mol. The molecule has 0 aromatic heterocycles. The van der Waals surface area contributed by atoms with E-state index in [0.717, 1.165) is 12.8 Å². The summed E-state index contributed by atoms with van der Waals surface area (Å²) in [6, 6.07) is 10.7. The topological polar surface area (TPSA) is 41.1 Å². The van der Waals surface area contributed by atoms with Gasteiger partial charge in [0.15, 0.2) is 0 Å². The summed E-state index contributed by atoms with van der Waals surface area (Å²) in [4.78, 5) is 11.1. The lowest BCUT2D eigenvalue weighted by Gasteiger charge is -2.36. The van der Waals surface area contributed by atoms with E-state index >= 15 is 0 Å². The first-order valence-corrected chi connectivity index (χ1v) is 7.10. The van der Waals surface area contributed by atoms with E-state index in [1.165, 1.54) is 5.56 Å². The van der Waals surface area contributed by atoms with Crippen LogP contribution in [0.2, 0.25) is 0 Å². The van der Waals surface area contributed by atoms with Gasteiger partial charge >= 0.3 is 0 Å². The fourth-order valence-electron chi connectivity index (χ4n) is 2.33. The van der Waals surface area contributed by atoms with Crippen LogP contribution in [0.15, 0.2) is 30.3 Å². The molecule has 3 nitrogen and oxygen atoms in total. The molecule has 106 valence electrons. The second-order valence-electron chi connectivity index (χ2n) is 5.17. The highest BCUT2D eigenvalue weighted by Crippen LogP contribution is 2.21. The van der Waals surface area contributed by atoms with Crippen LogP contribution in [0.5, 0.6) is 0 Å². The Hall–Kier alpha value is -1.35. The van der Waals surface area contributed by atoms with Crippen LogP contribution in [0, 0.1) is 0 Å². The molecular weight excluding hydrogens is 236 g/mol. The predicted octanol–water partition coefficient (Wildman–Crippen LogP) is 3.03. The molecule has 2 N–H and O–H groups in total. The molecule has 1 aromatic rings. The summed E-state index contributed by atoms with van der Waals surface area (Å²) in [7, 11) is 0. The molecule has 0 saturated carbocycles. The van der Waals surface area contributed by atoms with Crippen LogP contribution < -0.4 is 10.6 Å². The highest BCUT2D eigenvalue weighted by atomic mass is 16.1. The highest BCUT2D eigenvalue weighted by Gasteiger charge is 2.28. The number of rotatable bonds is 7. The van der Waals surface area contributed by atoms with Crippen molar-refractivity contribution >= 4 is 5.91 Å². The third-order valence-corrected chi connectivity index (χ3v) is 3.85. The standard InChI is InChI=1S/C16H26N2O/c1-5-16(6-2,12-17-14(4)19)18-13(3)15-10-8-7-9-11-15/h7-11,13,18H,5-6,12H2,1-4H3,(H,17,19)/t13-/m0/s1. The molecule has 0 aliphatic heterocycles. The Morgan fingerprint density at radius 2 is 1.79 bits per heavy atom. The second kappa shape index (κ2) is 7.29. The van der Waals surface area contributed by atoms with Crippen molar-refractivity contribution in [3.05, 3.63) is 35.9 Å². The summed E-state index contributed by atoms with van der Waals surface area (Å²) < 4.78 is 0. The van der Waals surface area contributed by atoms with Crippen molar-refractivity contribution in [1.29, 1.82) is 0 Å². The summed E-state index contributed by atoms with van der Waals surface area (Å²) in [5.74, 6) is 0.0282. The van der Waals surface area contributed by atoms with Crippen molar-refractivity contribution < 1.29 is 4.79 Å². The molecule has 1 amide bonds. The molecule has 0 heterocycles. The van der Waals surface area contributed by atoms with Gasteiger partial charge in [-0.25, -0.2) is 0 Å². The Balaban J connectivity index is 2.74. The quantitative estimate of drug-likeness (QED) is 0.793. The number of hydrogen-bond acceptors (Lipinski definition) is 2. The molecule has 0 radical (unpaired) electrons. The molecule has 0 saturated heterocycles. The van der Waals surface area contributed by atoms with Gasteiger partial charge in [0.1, 0.15) is 0 Å². The number of hydrogen-bond donors (Lipinski definition) is 2. The maximum Gasteiger partial charge on any atom is 0.216 e. The van der Waals surface area contributed by atoms with Crippen molar-refractivity contribution in [3.8, 4) is 0 Å². The number of benzene rings is 1. The number of nitrogens with one attached hydrogen (secondary N) is 2. The first-order chi connectivity index (χ1) is 9.03. The van der Waals surface area contributed by atoms with E-state index in [2.05, 4.69) is 55.7 Å². The van der Waals surface area contributed by atoms with Crippen molar-refractivity contribution in [2.24, 2.45) is 0 Å². The molecule has 1 atom stereocenters. The first kappa shape index (κ1) is 15.7. The Morgan fingerprint density at radius 1 is 1.21 bits per heavy atom. The zero-order valence-corrected chi connectivity index (χ0v) is 12.5. The summed E-state index contributed by atoms with van der Waals surface area (Å²) in [5, 5.41) is 6.63. The smallest absolute Gasteiger partial charge is 0.216 e. The third-order valence-electron chi connectivity index (χ3n) is 3.85. The largest absolute Gasteiger partial charge is 0.354 e. The van der Waals surface area contributed by atoms with Crippen LogP contribution in [0.3, 0.4) is 0 Å². The first-order valence-electron chi connectivity index (χ1n) is 7.10. The SMILES string of the molecule is CCC(CC)(CNC(C)=O)N[C@@H](C)c1ccccc1. The van der Waals surface area contributed by atoms with Crippen LogP contribution >= 0.6 is 0 Å². The molecule has 0 aliphatic rings. The van der Waals surface area contributed by atoms with E-state index < -0.39 is 0 Å². The van der Waals surface area contributed by atoms with Gasteiger partial charge in [-0.1, -0.05) is 44.2 Å². The van der Waals surface area contributed by atoms with Crippen LogP contribution in [-0.4, -0.2) is 18.0 Å². The predicted molar refractivity (Wildman–Crippen MR) is 80.0 cm³/mol. The monoisotopic (exact) mass is 262 g/mol. The van der Waals surface area contributed by atoms with Gasteiger partial charge in [-0.05, 0) is 25.3 Å². The lowest BCUT2D eigenvalue weighted by atomic mass is 9.90. The van der Waals surface area contributed by atoms with Crippen LogP contribution in [0.4, 0.5) is 0 Å². The normalized spacial score (nSPS) is 13.1. The third kappa shape index (κ3) is 4.67. The lowest BCUT2D eigenvalue weighted by Crippen LogP contribution is -2.53. The summed E-state index contributed by atoms with van der Waals surface area (Å²) >= 11 is 0. The number of amides is 1. The van der Waals surface area contributed by atoms with Gasteiger partial charge in [-0.15, -0.1) is 0 Å². The molecule has 0 unspecified atom stereocenters. The van der Waals surface area contributed by atoms with E-state index in [1.807, 2.05) is 6.07 Å². The molecule has 0 spiro atoms. The van der Waals surface area contributed by atoms with Gasteiger partial charge < -0.3 is 10.6 Å². The molecule has 0 aliphatic carbocycles. The van der Waals surface area contributed by atoms with Crippen molar-refractivity contribution in [2.45, 2.75) is 52.1 Å². The van der Waals surface area contributed by atoms with Crippen molar-refractivity contribution in [3.63, 3.8) is 0 Å². The zero-order valence-electron chi connectivity index (χ0n) is 12.5. The highest BCUT2D eigenvalue weighted by molar-refractivity contribution is 5.72. The van der Waals surface area contributed by atoms with E-state index in [0.29, 0.717) is 6.54 Å². The lowest BCUT2D eigenvalue weighted by molar-refractivity contribution is -0.119. The Morgan fingerprint density at radius 3 is 2.26 bits per heavy atom. The fourth-order valence-corrected chi connectivity index (χ4v) is 2.33. The minimum atomic E-state index is -0.0407. The molecular formula is C16H26N2O. The van der Waals surface area contributed by atoms with E-state index in [1.54, 1.807) is 6.92 Å². The Kier molecular flexibility index (Phi) is 6.03. The van der Waals surface area contributed by atoms with Gasteiger partial charge in [-0.3, -0.25) is 4.79 Å². The van der Waals surface area contributed by atoms with Gasteiger partial charge in [0.25, 0.3) is 0 Å². The average Bonchev–Trinajstić information content (AvgIpc) is 2.44. The van der Waals surface area contributed by atoms with Crippen molar-refractivity contribution in [2.75, 3.05) is 6.54 Å². The Labute approximate surface area is 116 Å². The molecule has 0 fully saturated rings. The fraction of sp³-hybridized carbons (Fsp3) is 0.562. The molecule has 0 bridgehead atoms. The second-order valence-corrected chi connectivity index (χ2v) is 5.17. The van der Waals surface area contributed by atoms with Gasteiger partial charge in [0.05, 0.1) is 0 Å². The maximum atomic E-state index is 11.1. The molecule has 19 heavy (non-hydrogen) atoms. The molecule has 3 heteroatoms. The molecule has 1 aromatic carbocycles. The summed E-state index contributed by atoms with van der Waals surface area (Å²) in [5.41, 5.74) is 1.23. The minimum absolute atomic E-state index is 0.0282. The molecule has 1 rings (SSSR count). The van der Waals surface area contributed by atoms with E-state index in [4.69, 9.17) is 0 Å². The van der Waals surface area contributed by atoms with Crippen LogP contribution in [0.25, 0.3) is 0 Å². The number of carbonyl (C=O) groups excluding carboxylic acids is 1. The Bertz CT molecular complexity index is 385.